The molecule has 0 amide bonds. The van der Waals surface area contributed by atoms with Crippen molar-refractivity contribution < 1.29 is 8.78 Å². The molecule has 1 aliphatic heterocycles. The molecule has 3 nitrogen and oxygen atoms in total. The van der Waals surface area contributed by atoms with Crippen LogP contribution in [0.15, 0.2) is 45.7 Å². The highest BCUT2D eigenvalue weighted by molar-refractivity contribution is 7.98. The van der Waals surface area contributed by atoms with Crippen molar-refractivity contribution in [2.75, 3.05) is 18.5 Å². The van der Waals surface area contributed by atoms with Crippen molar-refractivity contribution in [3.63, 3.8) is 0 Å². The highest BCUT2D eigenvalue weighted by atomic mass is 35.5. The smallest absolute Gasteiger partial charge is 0.208 e. The summed E-state index contributed by atoms with van der Waals surface area (Å²) < 4.78 is 30.2. The van der Waals surface area contributed by atoms with E-state index in [0.29, 0.717) is 11.5 Å². The van der Waals surface area contributed by atoms with E-state index in [2.05, 4.69) is 15.0 Å². The molecule has 2 aromatic rings. The SMILES string of the molecule is FCCNC1=NSc2cccc(-c3cccc(F)c3Cl)c2N1. The van der Waals surface area contributed by atoms with Crippen molar-refractivity contribution in [2.45, 2.75) is 4.90 Å². The van der Waals surface area contributed by atoms with Gasteiger partial charge in [0.25, 0.3) is 0 Å². The third-order valence-corrected chi connectivity index (χ3v) is 4.33. The summed E-state index contributed by atoms with van der Waals surface area (Å²) in [6.45, 7) is -0.319. The molecule has 0 unspecified atom stereocenters. The summed E-state index contributed by atoms with van der Waals surface area (Å²) in [5.74, 6) is -0.000183. The molecule has 1 aliphatic rings. The Kier molecular flexibility index (Phi) is 4.49. The van der Waals surface area contributed by atoms with Gasteiger partial charge in [-0.3, -0.25) is 0 Å². The molecule has 2 N–H and O–H groups in total. The predicted octanol–water partition coefficient (Wildman–Crippen LogP) is 4.49. The first kappa shape index (κ1) is 15.1. The maximum Gasteiger partial charge on any atom is 0.208 e. The fourth-order valence-electron chi connectivity index (χ4n) is 2.15. The zero-order valence-corrected chi connectivity index (χ0v) is 12.9. The fourth-order valence-corrected chi connectivity index (χ4v) is 3.07. The number of halogens is 3. The molecular formula is C15H12ClF2N3S. The molecule has 0 radical (unpaired) electrons. The van der Waals surface area contributed by atoms with E-state index in [0.717, 1.165) is 16.1 Å². The van der Waals surface area contributed by atoms with Gasteiger partial charge in [0.2, 0.25) is 5.96 Å². The van der Waals surface area contributed by atoms with Gasteiger partial charge in [0.15, 0.2) is 0 Å². The van der Waals surface area contributed by atoms with Crippen molar-refractivity contribution in [2.24, 2.45) is 4.40 Å². The highest BCUT2D eigenvalue weighted by Gasteiger charge is 2.19. The summed E-state index contributed by atoms with van der Waals surface area (Å²) in [5, 5.41) is 6.04. The average Bonchev–Trinajstić information content (AvgIpc) is 2.55. The second-order valence-corrected chi connectivity index (χ2v) is 5.73. The molecule has 114 valence electrons. The second kappa shape index (κ2) is 6.54. The first-order chi connectivity index (χ1) is 10.7. The summed E-state index contributed by atoms with van der Waals surface area (Å²) in [7, 11) is 0. The molecule has 2 aromatic carbocycles. The van der Waals surface area contributed by atoms with Gasteiger partial charge in [-0.2, -0.15) is 4.40 Å². The van der Waals surface area contributed by atoms with Crippen molar-refractivity contribution in [1.82, 2.24) is 5.32 Å². The Morgan fingerprint density at radius 2 is 1.95 bits per heavy atom. The van der Waals surface area contributed by atoms with Crippen molar-refractivity contribution in [3.05, 3.63) is 47.2 Å². The van der Waals surface area contributed by atoms with Gasteiger partial charge < -0.3 is 10.6 Å². The Bertz CT molecular complexity index is 737. The standard InChI is InChI=1S/C15H12ClF2N3S/c16-13-9(3-1-5-11(13)18)10-4-2-6-12-14(10)20-15(21-22-12)19-8-7-17/h1-6H,7-8H2,(H2,19,20,21). The van der Waals surface area contributed by atoms with Crippen LogP contribution in [0, 0.1) is 5.82 Å². The normalized spacial score (nSPS) is 13.1. The first-order valence-electron chi connectivity index (χ1n) is 6.60. The lowest BCUT2D eigenvalue weighted by Gasteiger charge is -2.21. The predicted molar refractivity (Wildman–Crippen MR) is 87.7 cm³/mol. The minimum absolute atomic E-state index is 0.0727. The molecule has 0 fully saturated rings. The van der Waals surface area contributed by atoms with Crippen LogP contribution in [0.5, 0.6) is 0 Å². The zero-order chi connectivity index (χ0) is 15.5. The minimum Gasteiger partial charge on any atom is -0.353 e. The van der Waals surface area contributed by atoms with Crippen LogP contribution in [0.4, 0.5) is 14.5 Å². The molecule has 7 heteroatoms. The molecule has 0 spiro atoms. The number of guanidine groups is 1. The number of fused-ring (bicyclic) bond motifs is 1. The minimum atomic E-state index is -0.490. The number of anilines is 1. The van der Waals surface area contributed by atoms with E-state index in [4.69, 9.17) is 11.6 Å². The lowest BCUT2D eigenvalue weighted by molar-refractivity contribution is 0.491. The summed E-state index contributed by atoms with van der Waals surface area (Å²) in [6, 6.07) is 10.3. The van der Waals surface area contributed by atoms with E-state index in [1.54, 1.807) is 12.1 Å². The molecule has 0 atom stereocenters. The Hall–Kier alpha value is -1.79. The van der Waals surface area contributed by atoms with Crippen molar-refractivity contribution >= 4 is 35.2 Å². The second-order valence-electron chi connectivity index (χ2n) is 4.55. The Labute approximate surface area is 135 Å². The van der Waals surface area contributed by atoms with Gasteiger partial charge in [-0.15, -0.1) is 0 Å². The topological polar surface area (TPSA) is 36.4 Å². The van der Waals surface area contributed by atoms with Crippen molar-refractivity contribution in [1.29, 1.82) is 0 Å². The fraction of sp³-hybridized carbons (Fsp3) is 0.133. The highest BCUT2D eigenvalue weighted by Crippen LogP contribution is 2.41. The number of nitrogens with one attached hydrogen (secondary N) is 2. The summed E-state index contributed by atoms with van der Waals surface area (Å²) in [4.78, 5) is 0.892. The van der Waals surface area contributed by atoms with Crippen LogP contribution in [-0.2, 0) is 0 Å². The van der Waals surface area contributed by atoms with Crippen LogP contribution in [0.25, 0.3) is 11.1 Å². The number of para-hydroxylation sites is 1. The van der Waals surface area contributed by atoms with Gasteiger partial charge in [0.05, 0.1) is 15.6 Å². The van der Waals surface area contributed by atoms with Gasteiger partial charge in [-0.05, 0) is 12.1 Å². The largest absolute Gasteiger partial charge is 0.353 e. The van der Waals surface area contributed by atoms with Gasteiger partial charge >= 0.3 is 0 Å². The lowest BCUT2D eigenvalue weighted by Crippen LogP contribution is -2.33. The summed E-state index contributed by atoms with van der Waals surface area (Å²) in [6.07, 6.45) is 0. The van der Waals surface area contributed by atoms with Crippen LogP contribution >= 0.6 is 23.5 Å². The van der Waals surface area contributed by atoms with Gasteiger partial charge in [0, 0.05) is 29.6 Å². The molecular weight excluding hydrogens is 328 g/mol. The van der Waals surface area contributed by atoms with Crippen LogP contribution in [0.3, 0.4) is 0 Å². The molecule has 0 saturated carbocycles. The van der Waals surface area contributed by atoms with E-state index in [1.165, 1.54) is 18.0 Å². The Morgan fingerprint density at radius 3 is 2.77 bits per heavy atom. The third kappa shape index (κ3) is 2.89. The van der Waals surface area contributed by atoms with Crippen LogP contribution in [0.1, 0.15) is 0 Å². The van der Waals surface area contributed by atoms with E-state index in [1.807, 2.05) is 18.2 Å². The molecule has 0 aliphatic carbocycles. The maximum absolute atomic E-state index is 13.7. The molecule has 0 bridgehead atoms. The number of hydrogen-bond acceptors (Lipinski definition) is 4. The van der Waals surface area contributed by atoms with E-state index >= 15 is 0 Å². The van der Waals surface area contributed by atoms with Gasteiger partial charge in [-0.1, -0.05) is 35.9 Å². The number of hydrogen-bond donors (Lipinski definition) is 2. The molecule has 0 saturated heterocycles. The molecule has 0 aromatic heterocycles. The Balaban J connectivity index is 2.01. The van der Waals surface area contributed by atoms with E-state index in [-0.39, 0.29) is 11.6 Å². The number of nitrogens with zero attached hydrogens (tertiary/aromatic N) is 1. The summed E-state index contributed by atoms with van der Waals surface area (Å²) >= 11 is 7.36. The lowest BCUT2D eigenvalue weighted by atomic mass is 10.0. The van der Waals surface area contributed by atoms with Crippen LogP contribution in [-0.4, -0.2) is 19.2 Å². The van der Waals surface area contributed by atoms with Gasteiger partial charge in [-0.25, -0.2) is 8.78 Å². The van der Waals surface area contributed by atoms with E-state index in [9.17, 15) is 8.78 Å². The van der Waals surface area contributed by atoms with Gasteiger partial charge in [0.1, 0.15) is 12.5 Å². The number of rotatable bonds is 3. The third-order valence-electron chi connectivity index (χ3n) is 3.13. The average molecular weight is 340 g/mol. The molecule has 1 heterocycles. The number of alkyl halides is 1. The monoisotopic (exact) mass is 339 g/mol. The summed E-state index contributed by atoms with van der Waals surface area (Å²) in [5.41, 5.74) is 2.14. The molecule has 3 rings (SSSR count). The zero-order valence-electron chi connectivity index (χ0n) is 11.4. The Morgan fingerprint density at radius 1 is 1.18 bits per heavy atom. The van der Waals surface area contributed by atoms with Crippen LogP contribution in [0.2, 0.25) is 5.02 Å². The number of benzene rings is 2. The maximum atomic E-state index is 13.7. The quantitative estimate of drug-likeness (QED) is 0.809. The molecule has 22 heavy (non-hydrogen) atoms. The van der Waals surface area contributed by atoms with Crippen LogP contribution < -0.4 is 10.6 Å². The first-order valence-corrected chi connectivity index (χ1v) is 7.75. The van der Waals surface area contributed by atoms with Crippen molar-refractivity contribution in [3.8, 4) is 11.1 Å². The van der Waals surface area contributed by atoms with E-state index < -0.39 is 12.5 Å².